The molecule has 4 rings (SSSR count). The maximum atomic E-state index is 12.4. The zero-order valence-electron chi connectivity index (χ0n) is 19.3. The van der Waals surface area contributed by atoms with Gasteiger partial charge >= 0.3 is 7.12 Å². The van der Waals surface area contributed by atoms with E-state index < -0.39 is 7.12 Å². The maximum absolute atomic E-state index is 12.4. The molecule has 0 atom stereocenters. The number of piperazine rings is 1. The van der Waals surface area contributed by atoms with E-state index in [0.29, 0.717) is 17.5 Å². The predicted octanol–water partition coefficient (Wildman–Crippen LogP) is 1.19. The molecule has 10 heteroatoms. The molecule has 0 saturated carbocycles. The summed E-state index contributed by atoms with van der Waals surface area (Å²) in [6.45, 7) is 11.6. The van der Waals surface area contributed by atoms with Crippen molar-refractivity contribution in [2.75, 3.05) is 56.7 Å². The first-order valence-corrected chi connectivity index (χ1v) is 11.1. The van der Waals surface area contributed by atoms with E-state index in [9.17, 15) is 4.79 Å². The topological polar surface area (TPSA) is 92.0 Å². The third-order valence-corrected chi connectivity index (χ3v) is 5.70. The van der Waals surface area contributed by atoms with Crippen LogP contribution in [0.4, 0.5) is 17.2 Å². The van der Waals surface area contributed by atoms with Crippen LogP contribution in [0.2, 0.25) is 0 Å². The van der Waals surface area contributed by atoms with Crippen molar-refractivity contribution >= 4 is 29.8 Å². The summed E-state index contributed by atoms with van der Waals surface area (Å²) < 4.78 is 16.7. The van der Waals surface area contributed by atoms with Gasteiger partial charge in [-0.1, -0.05) is 0 Å². The molecule has 2 aromatic heterocycles. The second-order valence-corrected chi connectivity index (χ2v) is 9.21. The highest BCUT2D eigenvalue weighted by Gasteiger charge is 2.29. The molecule has 2 aromatic rings. The van der Waals surface area contributed by atoms with Gasteiger partial charge in [0.2, 0.25) is 0 Å². The van der Waals surface area contributed by atoms with E-state index in [2.05, 4.69) is 25.1 Å². The monoisotopic (exact) mass is 441 g/mol. The number of hydrogen-bond acceptors (Lipinski definition) is 8. The summed E-state index contributed by atoms with van der Waals surface area (Å²) >= 11 is 0. The summed E-state index contributed by atoms with van der Waals surface area (Å²) in [7, 11) is 0.988. The first-order chi connectivity index (χ1) is 15.3. The zero-order chi connectivity index (χ0) is 22.7. The standard InChI is InChI=1S/C22H32BN5O4/c1-22(2,3)32-23(30-4)16-11-19(21(29)25-12-16)26-20-6-5-17(13-24-20)27-7-9-28(10-8-27)18-14-31-15-18/h5-6,11-13,18H,7-10,14-15H2,1-4H3,(H,24,26)(H,25,29). The second-order valence-electron chi connectivity index (χ2n) is 9.21. The van der Waals surface area contributed by atoms with Crippen LogP contribution < -0.4 is 21.2 Å². The van der Waals surface area contributed by atoms with Crippen molar-refractivity contribution in [3.05, 3.63) is 40.9 Å². The maximum Gasteiger partial charge on any atom is 0.495 e. The molecule has 2 aliphatic rings. The number of nitrogens with one attached hydrogen (secondary N) is 2. The van der Waals surface area contributed by atoms with Gasteiger partial charge < -0.3 is 29.2 Å². The van der Waals surface area contributed by atoms with Crippen molar-refractivity contribution in [2.24, 2.45) is 0 Å². The summed E-state index contributed by atoms with van der Waals surface area (Å²) in [5.74, 6) is 0.604. The lowest BCUT2D eigenvalue weighted by atomic mass is 9.79. The Morgan fingerprint density at radius 1 is 1.22 bits per heavy atom. The van der Waals surface area contributed by atoms with Crippen molar-refractivity contribution in [1.82, 2.24) is 14.9 Å². The van der Waals surface area contributed by atoms with E-state index in [1.165, 1.54) is 0 Å². The van der Waals surface area contributed by atoms with Crippen LogP contribution in [0, 0.1) is 0 Å². The minimum absolute atomic E-state index is 0.235. The number of H-pyrrole nitrogens is 1. The Morgan fingerprint density at radius 3 is 2.53 bits per heavy atom. The van der Waals surface area contributed by atoms with Gasteiger partial charge in [-0.25, -0.2) is 4.98 Å². The lowest BCUT2D eigenvalue weighted by molar-refractivity contribution is -0.0660. The van der Waals surface area contributed by atoms with Crippen LogP contribution in [-0.4, -0.2) is 80.1 Å². The third-order valence-electron chi connectivity index (χ3n) is 5.70. The molecule has 2 aliphatic heterocycles. The average molecular weight is 441 g/mol. The Hall–Kier alpha value is -2.40. The summed E-state index contributed by atoms with van der Waals surface area (Å²) in [5, 5.41) is 3.12. The first kappa shape index (κ1) is 22.8. The van der Waals surface area contributed by atoms with E-state index in [1.54, 1.807) is 19.4 Å². The number of aromatic amines is 1. The lowest BCUT2D eigenvalue weighted by Gasteiger charge is -2.43. The van der Waals surface area contributed by atoms with Crippen molar-refractivity contribution in [3.8, 4) is 0 Å². The van der Waals surface area contributed by atoms with E-state index in [0.717, 1.165) is 50.5 Å². The molecular weight excluding hydrogens is 409 g/mol. The number of hydrogen-bond donors (Lipinski definition) is 2. The van der Waals surface area contributed by atoms with Crippen LogP contribution in [0.1, 0.15) is 20.8 Å². The van der Waals surface area contributed by atoms with Gasteiger partial charge in [-0.3, -0.25) is 9.69 Å². The largest absolute Gasteiger partial charge is 0.495 e. The molecule has 0 aliphatic carbocycles. The van der Waals surface area contributed by atoms with Gasteiger partial charge in [0.05, 0.1) is 31.1 Å². The van der Waals surface area contributed by atoms with Crippen molar-refractivity contribution in [1.29, 1.82) is 0 Å². The molecule has 2 N–H and O–H groups in total. The highest BCUT2D eigenvalue weighted by atomic mass is 16.6. The minimum atomic E-state index is -0.590. The number of pyridine rings is 2. The molecule has 0 aromatic carbocycles. The summed E-state index contributed by atoms with van der Waals surface area (Å²) in [5.41, 5.74) is 1.57. The highest BCUT2D eigenvalue weighted by molar-refractivity contribution is 6.61. The quantitative estimate of drug-likeness (QED) is 0.620. The normalized spacial score (nSPS) is 17.8. The Balaban J connectivity index is 1.40. The van der Waals surface area contributed by atoms with E-state index in [-0.39, 0.29) is 11.2 Å². The number of rotatable bonds is 7. The fraction of sp³-hybridized carbons (Fsp3) is 0.545. The van der Waals surface area contributed by atoms with Crippen LogP contribution in [0.15, 0.2) is 35.4 Å². The van der Waals surface area contributed by atoms with Crippen LogP contribution in [0.3, 0.4) is 0 Å². The fourth-order valence-electron chi connectivity index (χ4n) is 3.87. The average Bonchev–Trinajstić information content (AvgIpc) is 2.73. The van der Waals surface area contributed by atoms with Crippen LogP contribution in [0.5, 0.6) is 0 Å². The Labute approximate surface area is 189 Å². The van der Waals surface area contributed by atoms with Gasteiger partial charge in [0, 0.05) is 50.5 Å². The molecule has 4 heterocycles. The number of anilines is 3. The van der Waals surface area contributed by atoms with Gasteiger partial charge in [0.15, 0.2) is 0 Å². The Morgan fingerprint density at radius 2 is 1.97 bits per heavy atom. The summed E-state index contributed by atoms with van der Waals surface area (Å²) in [4.78, 5) is 24.5. The summed E-state index contributed by atoms with van der Waals surface area (Å²) in [6.07, 6.45) is 3.46. The minimum Gasteiger partial charge on any atom is -0.410 e. The molecular formula is C22H32BN5O4. The molecule has 9 nitrogen and oxygen atoms in total. The zero-order valence-corrected chi connectivity index (χ0v) is 19.3. The van der Waals surface area contributed by atoms with E-state index in [4.69, 9.17) is 14.0 Å². The SMILES string of the molecule is COB(OC(C)(C)C)c1c[nH]c(=O)c(Nc2ccc(N3CCN(C4COC4)CC3)cn2)c1. The Bertz CT molecular complexity index is 950. The van der Waals surface area contributed by atoms with Gasteiger partial charge in [-0.15, -0.1) is 0 Å². The van der Waals surface area contributed by atoms with Crippen molar-refractivity contribution in [3.63, 3.8) is 0 Å². The molecule has 0 bridgehead atoms. The van der Waals surface area contributed by atoms with Gasteiger partial charge in [0.25, 0.3) is 5.56 Å². The smallest absolute Gasteiger partial charge is 0.410 e. The third kappa shape index (κ3) is 5.50. The van der Waals surface area contributed by atoms with Gasteiger partial charge in [0.1, 0.15) is 11.5 Å². The molecule has 0 amide bonds. The predicted molar refractivity (Wildman–Crippen MR) is 126 cm³/mol. The Kier molecular flexibility index (Phi) is 6.85. The number of nitrogens with zero attached hydrogens (tertiary/aromatic N) is 3. The van der Waals surface area contributed by atoms with Crippen molar-refractivity contribution < 1.29 is 14.0 Å². The molecule has 0 spiro atoms. The molecule has 172 valence electrons. The molecule has 2 saturated heterocycles. The van der Waals surface area contributed by atoms with E-state index >= 15 is 0 Å². The van der Waals surface area contributed by atoms with E-state index in [1.807, 2.05) is 39.1 Å². The summed E-state index contributed by atoms with van der Waals surface area (Å²) in [6, 6.07) is 6.25. The second kappa shape index (κ2) is 9.62. The molecule has 32 heavy (non-hydrogen) atoms. The highest BCUT2D eigenvalue weighted by Crippen LogP contribution is 2.20. The van der Waals surface area contributed by atoms with Gasteiger partial charge in [-0.2, -0.15) is 0 Å². The number of ether oxygens (including phenoxy) is 1. The fourth-order valence-corrected chi connectivity index (χ4v) is 3.87. The molecule has 2 fully saturated rings. The lowest BCUT2D eigenvalue weighted by Crippen LogP contribution is -2.56. The van der Waals surface area contributed by atoms with Crippen molar-refractivity contribution in [2.45, 2.75) is 32.4 Å². The molecule has 0 radical (unpaired) electrons. The van der Waals surface area contributed by atoms with Gasteiger partial charge in [-0.05, 0) is 39.0 Å². The molecule has 0 unspecified atom stereocenters. The number of aromatic nitrogens is 2. The van der Waals surface area contributed by atoms with Crippen LogP contribution in [0.25, 0.3) is 0 Å². The first-order valence-electron chi connectivity index (χ1n) is 11.1. The van der Waals surface area contributed by atoms with Crippen LogP contribution in [-0.2, 0) is 14.0 Å². The van der Waals surface area contributed by atoms with Crippen LogP contribution >= 0.6 is 0 Å².